The van der Waals surface area contributed by atoms with Gasteiger partial charge in [-0.2, -0.15) is 15.5 Å². The number of halogens is 1. The minimum Gasteiger partial charge on any atom is -0.346 e. The largest absolute Gasteiger partial charge is 0.346 e. The predicted molar refractivity (Wildman–Crippen MR) is 103 cm³/mol. The van der Waals surface area contributed by atoms with Gasteiger partial charge in [0.15, 0.2) is 11.5 Å². The molecule has 0 aliphatic carbocycles. The molecule has 0 bridgehead atoms. The van der Waals surface area contributed by atoms with Gasteiger partial charge in [0.1, 0.15) is 11.8 Å². The molecule has 1 aromatic carbocycles. The monoisotopic (exact) mass is 396 g/mol. The molecule has 3 aromatic rings. The van der Waals surface area contributed by atoms with Gasteiger partial charge in [0.25, 0.3) is 5.91 Å². The molecule has 28 heavy (non-hydrogen) atoms. The van der Waals surface area contributed by atoms with Gasteiger partial charge in [-0.25, -0.2) is 0 Å². The van der Waals surface area contributed by atoms with Gasteiger partial charge >= 0.3 is 0 Å². The maximum absolute atomic E-state index is 12.2. The molecule has 0 spiro atoms. The van der Waals surface area contributed by atoms with Crippen molar-refractivity contribution >= 4 is 23.3 Å². The first-order valence-corrected chi connectivity index (χ1v) is 8.86. The van der Waals surface area contributed by atoms with E-state index in [0.29, 0.717) is 22.8 Å². The molecule has 2 N–H and O–H groups in total. The van der Waals surface area contributed by atoms with Crippen LogP contribution >= 0.6 is 11.6 Å². The van der Waals surface area contributed by atoms with Crippen molar-refractivity contribution in [2.45, 2.75) is 26.4 Å². The van der Waals surface area contributed by atoms with Crippen LogP contribution in [-0.2, 0) is 6.54 Å². The summed E-state index contributed by atoms with van der Waals surface area (Å²) in [6, 6.07) is 10.2. The Hall–Kier alpha value is -3.44. The van der Waals surface area contributed by atoms with Crippen LogP contribution in [0.3, 0.4) is 0 Å². The molecule has 1 unspecified atom stereocenters. The zero-order valence-corrected chi connectivity index (χ0v) is 16.0. The first-order chi connectivity index (χ1) is 13.4. The molecule has 3 rings (SSSR count). The second-order valence-corrected chi connectivity index (χ2v) is 6.73. The van der Waals surface area contributed by atoms with E-state index in [0.717, 1.165) is 5.56 Å². The summed E-state index contributed by atoms with van der Waals surface area (Å²) >= 11 is 6.07. The molecule has 0 aliphatic rings. The van der Waals surface area contributed by atoms with Gasteiger partial charge in [-0.3, -0.25) is 19.4 Å². The van der Waals surface area contributed by atoms with Gasteiger partial charge in [-0.1, -0.05) is 17.7 Å². The van der Waals surface area contributed by atoms with E-state index in [4.69, 9.17) is 16.9 Å². The third-order valence-corrected chi connectivity index (χ3v) is 4.37. The number of Topliss-reactive ketones (excluding diaryl/α,β-unsaturated/α-hetero) is 1. The first kappa shape index (κ1) is 19.3. The van der Waals surface area contributed by atoms with Crippen LogP contribution in [0.5, 0.6) is 0 Å². The lowest BCUT2D eigenvalue weighted by Gasteiger charge is -2.13. The molecule has 0 saturated carbocycles. The summed E-state index contributed by atoms with van der Waals surface area (Å²) < 4.78 is 1.71. The summed E-state index contributed by atoms with van der Waals surface area (Å²) in [7, 11) is 0. The lowest BCUT2D eigenvalue weighted by atomic mass is 10.1. The number of nitrogens with zero attached hydrogens (tertiary/aromatic N) is 4. The lowest BCUT2D eigenvalue weighted by molar-refractivity contribution is 0.0930. The highest BCUT2D eigenvalue weighted by Crippen LogP contribution is 2.24. The topological polar surface area (TPSA) is 116 Å². The van der Waals surface area contributed by atoms with Crippen LogP contribution in [0.4, 0.5) is 0 Å². The molecule has 0 aliphatic heterocycles. The van der Waals surface area contributed by atoms with Crippen molar-refractivity contribution in [3.63, 3.8) is 0 Å². The average Bonchev–Trinajstić information content (AvgIpc) is 3.31. The van der Waals surface area contributed by atoms with E-state index in [2.05, 4.69) is 20.6 Å². The molecule has 2 aromatic heterocycles. The average molecular weight is 397 g/mol. The zero-order valence-electron chi connectivity index (χ0n) is 15.2. The van der Waals surface area contributed by atoms with E-state index in [1.807, 2.05) is 19.1 Å². The summed E-state index contributed by atoms with van der Waals surface area (Å²) in [4.78, 5) is 23.5. The van der Waals surface area contributed by atoms with Crippen molar-refractivity contribution in [3.05, 3.63) is 58.5 Å². The molecular weight excluding hydrogens is 380 g/mol. The molecule has 8 nitrogen and oxygen atoms in total. The highest BCUT2D eigenvalue weighted by Gasteiger charge is 2.15. The highest BCUT2D eigenvalue weighted by molar-refractivity contribution is 6.32. The fourth-order valence-corrected chi connectivity index (χ4v) is 2.85. The summed E-state index contributed by atoms with van der Waals surface area (Å²) in [5.74, 6) is -0.561. The van der Waals surface area contributed by atoms with E-state index < -0.39 is 0 Å². The number of H-pyrrole nitrogens is 1. The van der Waals surface area contributed by atoms with Gasteiger partial charge in [-0.15, -0.1) is 0 Å². The van der Waals surface area contributed by atoms with Crippen molar-refractivity contribution in [2.24, 2.45) is 0 Å². The fraction of sp³-hybridized carbons (Fsp3) is 0.211. The maximum Gasteiger partial charge on any atom is 0.272 e. The van der Waals surface area contributed by atoms with Crippen LogP contribution in [0.2, 0.25) is 5.02 Å². The van der Waals surface area contributed by atoms with Crippen molar-refractivity contribution < 1.29 is 9.59 Å². The Kier molecular flexibility index (Phi) is 5.57. The number of amides is 1. The van der Waals surface area contributed by atoms with E-state index in [9.17, 15) is 9.59 Å². The number of hydrogen-bond acceptors (Lipinski definition) is 5. The van der Waals surface area contributed by atoms with E-state index in [-0.39, 0.29) is 29.1 Å². The van der Waals surface area contributed by atoms with Gasteiger partial charge in [0, 0.05) is 24.7 Å². The number of carbonyl (C=O) groups excluding carboxylic acids is 2. The van der Waals surface area contributed by atoms with Gasteiger partial charge in [0.05, 0.1) is 22.8 Å². The number of rotatable bonds is 6. The van der Waals surface area contributed by atoms with Crippen molar-refractivity contribution in [1.82, 2.24) is 25.3 Å². The summed E-state index contributed by atoms with van der Waals surface area (Å²) in [6.45, 7) is 3.68. The van der Waals surface area contributed by atoms with Crippen LogP contribution in [0.1, 0.15) is 40.4 Å². The molecular formula is C19H17ClN6O2. The third-order valence-electron chi connectivity index (χ3n) is 4.05. The molecule has 142 valence electrons. The molecule has 0 saturated heterocycles. The van der Waals surface area contributed by atoms with Crippen LogP contribution < -0.4 is 5.32 Å². The second kappa shape index (κ2) is 8.06. The summed E-state index contributed by atoms with van der Waals surface area (Å²) in [6.07, 6.45) is 1.80. The quantitative estimate of drug-likeness (QED) is 0.621. The van der Waals surface area contributed by atoms with Crippen LogP contribution in [-0.4, -0.2) is 37.7 Å². The summed E-state index contributed by atoms with van der Waals surface area (Å²) in [5, 5.41) is 23.0. The Bertz CT molecular complexity index is 1080. The molecule has 2 heterocycles. The molecule has 1 atom stereocenters. The normalized spacial score (nSPS) is 11.6. The summed E-state index contributed by atoms with van der Waals surface area (Å²) in [5.41, 5.74) is 2.37. The molecule has 1 amide bonds. The van der Waals surface area contributed by atoms with Crippen molar-refractivity contribution in [1.29, 1.82) is 5.26 Å². The zero-order chi connectivity index (χ0) is 20.3. The maximum atomic E-state index is 12.2. The number of carbonyl (C=O) groups is 2. The van der Waals surface area contributed by atoms with Gasteiger partial charge < -0.3 is 5.32 Å². The van der Waals surface area contributed by atoms with Crippen LogP contribution in [0, 0.1) is 11.3 Å². The number of nitriles is 1. The number of nitrogens with one attached hydrogen (secondary N) is 2. The fourth-order valence-electron chi connectivity index (χ4n) is 2.62. The first-order valence-electron chi connectivity index (χ1n) is 8.48. The Morgan fingerprint density at radius 3 is 2.79 bits per heavy atom. The Morgan fingerprint density at radius 1 is 1.36 bits per heavy atom. The van der Waals surface area contributed by atoms with Gasteiger partial charge in [0.2, 0.25) is 0 Å². The Labute approximate surface area is 166 Å². The molecule has 9 heteroatoms. The number of aromatic amines is 1. The van der Waals surface area contributed by atoms with E-state index in [1.54, 1.807) is 29.1 Å². The number of hydrogen-bond donors (Lipinski definition) is 2. The Morgan fingerprint density at radius 2 is 2.14 bits per heavy atom. The van der Waals surface area contributed by atoms with Crippen LogP contribution in [0.25, 0.3) is 11.3 Å². The highest BCUT2D eigenvalue weighted by atomic mass is 35.5. The van der Waals surface area contributed by atoms with E-state index in [1.165, 1.54) is 13.0 Å². The number of aromatic nitrogens is 4. The molecule has 0 fully saturated rings. The van der Waals surface area contributed by atoms with Gasteiger partial charge in [-0.05, 0) is 31.2 Å². The minimum atomic E-state index is -0.373. The lowest BCUT2D eigenvalue weighted by Crippen LogP contribution is -2.36. The van der Waals surface area contributed by atoms with Crippen molar-refractivity contribution in [2.75, 3.05) is 0 Å². The standard InChI is InChI=1S/C19H17ClN6O2/c1-11(22-19(28)18-8-17(12(2)27)23-24-18)10-26-6-5-16(25-26)13-3-4-14(9-21)15(20)7-13/h3-8,11H,10H2,1-2H3,(H,22,28)(H,23,24). The second-order valence-electron chi connectivity index (χ2n) is 6.33. The Balaban J connectivity index is 1.64. The smallest absolute Gasteiger partial charge is 0.272 e. The van der Waals surface area contributed by atoms with E-state index >= 15 is 0 Å². The third kappa shape index (κ3) is 4.27. The SMILES string of the molecule is CC(=O)c1cc(C(=O)NC(C)Cn2ccc(-c3ccc(C#N)c(Cl)c3)n2)n[nH]1. The number of benzene rings is 1. The minimum absolute atomic E-state index is 0.158. The number of ketones is 1. The predicted octanol–water partition coefficient (Wildman–Crippen LogP) is 2.82. The van der Waals surface area contributed by atoms with Crippen molar-refractivity contribution in [3.8, 4) is 17.3 Å². The molecule has 0 radical (unpaired) electrons. The van der Waals surface area contributed by atoms with Crippen LogP contribution in [0.15, 0.2) is 36.5 Å².